The first-order chi connectivity index (χ1) is 8.19. The van der Waals surface area contributed by atoms with Gasteiger partial charge in [-0.15, -0.1) is 0 Å². The highest BCUT2D eigenvalue weighted by atomic mass is 16.3. The summed E-state index contributed by atoms with van der Waals surface area (Å²) in [6.45, 7) is 0. The van der Waals surface area contributed by atoms with E-state index in [4.69, 9.17) is 0 Å². The van der Waals surface area contributed by atoms with Crippen LogP contribution in [0.25, 0.3) is 0 Å². The molecule has 3 nitrogen and oxygen atoms in total. The number of fused-ring (bicyclic) bond motifs is 1. The predicted molar refractivity (Wildman–Crippen MR) is 66.2 cm³/mol. The average molecular weight is 231 g/mol. The van der Waals surface area contributed by atoms with E-state index < -0.39 is 5.72 Å². The van der Waals surface area contributed by atoms with Gasteiger partial charge in [0.2, 0.25) is 0 Å². The zero-order valence-corrected chi connectivity index (χ0v) is 9.76. The molecule has 1 heterocycles. The van der Waals surface area contributed by atoms with Gasteiger partial charge in [0, 0.05) is 17.2 Å². The number of hydrogen-bond acceptors (Lipinski definition) is 3. The van der Waals surface area contributed by atoms with Crippen molar-refractivity contribution in [2.75, 3.05) is 0 Å². The summed E-state index contributed by atoms with van der Waals surface area (Å²) in [5.74, 6) is 0.573. The van der Waals surface area contributed by atoms with Crippen molar-refractivity contribution in [1.82, 2.24) is 0 Å². The van der Waals surface area contributed by atoms with E-state index in [1.807, 2.05) is 12.1 Å². The van der Waals surface area contributed by atoms with E-state index in [0.717, 1.165) is 43.4 Å². The summed E-state index contributed by atoms with van der Waals surface area (Å²) >= 11 is 0. The minimum atomic E-state index is -0.865. The lowest BCUT2D eigenvalue weighted by Crippen LogP contribution is -2.36. The first-order valence-corrected chi connectivity index (χ1v) is 6.28. The molecule has 0 amide bonds. The third-order valence-electron chi connectivity index (χ3n) is 4.02. The van der Waals surface area contributed by atoms with E-state index in [1.165, 1.54) is 0 Å². The Labute approximate surface area is 101 Å². The molecule has 90 valence electrons. The van der Waals surface area contributed by atoms with Crippen LogP contribution in [0.4, 0.5) is 0 Å². The molecule has 0 aromatic heterocycles. The van der Waals surface area contributed by atoms with Gasteiger partial charge in [-0.25, -0.2) is 0 Å². The molecule has 1 aliphatic heterocycles. The Morgan fingerprint density at radius 1 is 1.24 bits per heavy atom. The van der Waals surface area contributed by atoms with Crippen molar-refractivity contribution in [3.8, 4) is 5.75 Å². The van der Waals surface area contributed by atoms with Crippen LogP contribution < -0.4 is 0 Å². The van der Waals surface area contributed by atoms with Gasteiger partial charge in [-0.2, -0.15) is 0 Å². The Hall–Kier alpha value is -1.35. The van der Waals surface area contributed by atoms with Gasteiger partial charge < -0.3 is 10.2 Å². The van der Waals surface area contributed by atoms with Gasteiger partial charge in [0.15, 0.2) is 5.72 Å². The second-order valence-corrected chi connectivity index (χ2v) is 5.08. The molecule has 1 saturated carbocycles. The first-order valence-electron chi connectivity index (χ1n) is 6.28. The van der Waals surface area contributed by atoms with E-state index in [1.54, 1.807) is 12.1 Å². The molecular weight excluding hydrogens is 214 g/mol. The number of para-hydroxylation sites is 1. The molecule has 17 heavy (non-hydrogen) atoms. The molecule has 0 spiro atoms. The molecule has 1 aliphatic carbocycles. The number of aromatic hydroxyl groups is 1. The number of benzene rings is 1. The minimum Gasteiger partial charge on any atom is -0.507 e. The van der Waals surface area contributed by atoms with Crippen LogP contribution >= 0.6 is 0 Å². The molecule has 2 N–H and O–H groups in total. The van der Waals surface area contributed by atoms with Crippen LogP contribution in [-0.4, -0.2) is 21.6 Å². The molecule has 0 bridgehead atoms. The zero-order valence-electron chi connectivity index (χ0n) is 9.76. The van der Waals surface area contributed by atoms with Gasteiger partial charge >= 0.3 is 0 Å². The molecule has 0 saturated heterocycles. The second kappa shape index (κ2) is 3.84. The maximum Gasteiger partial charge on any atom is 0.159 e. The van der Waals surface area contributed by atoms with Gasteiger partial charge in [-0.05, 0) is 44.2 Å². The molecule has 1 aromatic carbocycles. The standard InChI is InChI=1S/C14H17NO2/c16-13-6-2-1-5-11(13)12-8-7-10-4-3-9-14(10,17)15-12/h1-2,5-6,10,16-17H,3-4,7-9H2/t10-,14+/m0/s1. The molecule has 2 aliphatic rings. The minimum absolute atomic E-state index is 0.256. The SMILES string of the molecule is Oc1ccccc1C1=N[C@@]2(O)CCC[C@H]2CC1. The molecule has 1 aromatic rings. The van der Waals surface area contributed by atoms with E-state index in [2.05, 4.69) is 4.99 Å². The largest absolute Gasteiger partial charge is 0.507 e. The highest BCUT2D eigenvalue weighted by molar-refractivity contribution is 6.03. The zero-order chi connectivity index (χ0) is 11.9. The highest BCUT2D eigenvalue weighted by Gasteiger charge is 2.43. The van der Waals surface area contributed by atoms with Crippen molar-refractivity contribution in [1.29, 1.82) is 0 Å². The summed E-state index contributed by atoms with van der Waals surface area (Å²) in [5.41, 5.74) is 0.755. The fourth-order valence-electron chi connectivity index (χ4n) is 3.08. The number of aliphatic hydroxyl groups is 1. The molecule has 0 unspecified atom stereocenters. The Kier molecular flexibility index (Phi) is 2.44. The third-order valence-corrected chi connectivity index (χ3v) is 4.02. The fourth-order valence-corrected chi connectivity index (χ4v) is 3.08. The summed E-state index contributed by atoms with van der Waals surface area (Å²) < 4.78 is 0. The third kappa shape index (κ3) is 1.75. The lowest BCUT2D eigenvalue weighted by Gasteiger charge is -2.32. The average Bonchev–Trinajstić information content (AvgIpc) is 2.70. The lowest BCUT2D eigenvalue weighted by molar-refractivity contribution is 0.00387. The van der Waals surface area contributed by atoms with E-state index in [-0.39, 0.29) is 5.75 Å². The van der Waals surface area contributed by atoms with E-state index >= 15 is 0 Å². The maximum absolute atomic E-state index is 10.5. The van der Waals surface area contributed by atoms with Crippen LogP contribution in [0.5, 0.6) is 5.75 Å². The molecule has 0 radical (unpaired) electrons. The quantitative estimate of drug-likeness (QED) is 0.780. The number of rotatable bonds is 1. The monoisotopic (exact) mass is 231 g/mol. The first kappa shape index (κ1) is 10.8. The topological polar surface area (TPSA) is 52.8 Å². The molecule has 3 heteroatoms. The van der Waals surface area contributed by atoms with Crippen LogP contribution in [0.3, 0.4) is 0 Å². The number of nitrogens with zero attached hydrogens (tertiary/aromatic N) is 1. The number of hydrogen-bond donors (Lipinski definition) is 2. The van der Waals surface area contributed by atoms with E-state index in [0.29, 0.717) is 5.92 Å². The Balaban J connectivity index is 2.00. The fraction of sp³-hybridized carbons (Fsp3) is 0.500. The highest BCUT2D eigenvalue weighted by Crippen LogP contribution is 2.43. The van der Waals surface area contributed by atoms with Gasteiger partial charge in [0.25, 0.3) is 0 Å². The summed E-state index contributed by atoms with van der Waals surface area (Å²) in [7, 11) is 0. The van der Waals surface area contributed by atoms with Crippen molar-refractivity contribution < 1.29 is 10.2 Å². The van der Waals surface area contributed by atoms with Crippen LogP contribution in [0.15, 0.2) is 29.3 Å². The van der Waals surface area contributed by atoms with Gasteiger partial charge in [0.05, 0.1) is 0 Å². The summed E-state index contributed by atoms with van der Waals surface area (Å²) in [6.07, 6.45) is 4.72. The molecular formula is C14H17NO2. The van der Waals surface area contributed by atoms with Crippen molar-refractivity contribution >= 4 is 5.71 Å². The molecule has 3 rings (SSSR count). The Morgan fingerprint density at radius 2 is 2.06 bits per heavy atom. The normalized spacial score (nSPS) is 32.1. The van der Waals surface area contributed by atoms with Crippen LogP contribution in [0.2, 0.25) is 0 Å². The number of aliphatic imine (C=N–C) groups is 1. The van der Waals surface area contributed by atoms with Gasteiger partial charge in [0.1, 0.15) is 5.75 Å². The van der Waals surface area contributed by atoms with Crippen molar-refractivity contribution in [2.24, 2.45) is 10.9 Å². The number of phenolic OH excluding ortho intramolecular Hbond substituents is 1. The maximum atomic E-state index is 10.5. The summed E-state index contributed by atoms with van der Waals surface area (Å²) in [4.78, 5) is 4.52. The smallest absolute Gasteiger partial charge is 0.159 e. The van der Waals surface area contributed by atoms with Crippen LogP contribution in [0, 0.1) is 5.92 Å². The van der Waals surface area contributed by atoms with Gasteiger partial charge in [-0.1, -0.05) is 12.1 Å². The Bertz CT molecular complexity index is 469. The summed E-state index contributed by atoms with van der Waals surface area (Å²) in [6, 6.07) is 7.23. The number of phenols is 1. The predicted octanol–water partition coefficient (Wildman–Crippen LogP) is 2.46. The Morgan fingerprint density at radius 3 is 2.88 bits per heavy atom. The second-order valence-electron chi connectivity index (χ2n) is 5.08. The van der Waals surface area contributed by atoms with Crippen molar-refractivity contribution in [3.63, 3.8) is 0 Å². The molecule has 1 fully saturated rings. The van der Waals surface area contributed by atoms with Gasteiger partial charge in [-0.3, -0.25) is 4.99 Å². The van der Waals surface area contributed by atoms with Crippen LogP contribution in [-0.2, 0) is 0 Å². The van der Waals surface area contributed by atoms with Crippen molar-refractivity contribution in [2.45, 2.75) is 37.8 Å². The summed E-state index contributed by atoms with van der Waals surface area (Å²) in [5, 5.41) is 20.3. The molecule has 2 atom stereocenters. The lowest BCUT2D eigenvalue weighted by atomic mass is 9.88. The van der Waals surface area contributed by atoms with E-state index in [9.17, 15) is 10.2 Å². The van der Waals surface area contributed by atoms with Crippen LogP contribution in [0.1, 0.15) is 37.7 Å². The van der Waals surface area contributed by atoms with Crippen molar-refractivity contribution in [3.05, 3.63) is 29.8 Å².